The molecule has 0 atom stereocenters. The maximum absolute atomic E-state index is 3.61. The highest BCUT2D eigenvalue weighted by molar-refractivity contribution is 5.73. The molecule has 0 aliphatic heterocycles. The third-order valence-electron chi connectivity index (χ3n) is 10.1. The van der Waals surface area contributed by atoms with Crippen molar-refractivity contribution in [1.29, 1.82) is 0 Å². The van der Waals surface area contributed by atoms with Crippen molar-refractivity contribution >= 4 is 0 Å². The zero-order valence-electron chi connectivity index (χ0n) is 32.2. The Morgan fingerprint density at radius 2 is 0.720 bits per heavy atom. The second kappa shape index (κ2) is 27.1. The van der Waals surface area contributed by atoms with Crippen LogP contribution in [0.3, 0.4) is 0 Å². The minimum atomic E-state index is 0.828. The predicted molar refractivity (Wildman–Crippen MR) is 219 cm³/mol. The third-order valence-corrected chi connectivity index (χ3v) is 10.1. The van der Waals surface area contributed by atoms with Gasteiger partial charge in [-0.1, -0.05) is 120 Å². The van der Waals surface area contributed by atoms with Gasteiger partial charge >= 0.3 is 0 Å². The molecule has 0 saturated carbocycles. The fourth-order valence-electron chi connectivity index (χ4n) is 6.34. The Morgan fingerprint density at radius 1 is 0.380 bits per heavy atom. The molecular formula is C44H72N6. The number of benzene rings is 3. The normalized spacial score (nSPS) is 11.6. The number of rotatable bonds is 30. The summed E-state index contributed by atoms with van der Waals surface area (Å²) >= 11 is 0. The molecule has 6 N–H and O–H groups in total. The van der Waals surface area contributed by atoms with Gasteiger partial charge in [-0.3, -0.25) is 0 Å². The van der Waals surface area contributed by atoms with Crippen molar-refractivity contribution in [2.24, 2.45) is 11.8 Å². The van der Waals surface area contributed by atoms with Gasteiger partial charge in [0.2, 0.25) is 0 Å². The second-order valence-corrected chi connectivity index (χ2v) is 14.0. The van der Waals surface area contributed by atoms with Gasteiger partial charge in [-0.25, -0.2) is 0 Å². The van der Waals surface area contributed by atoms with Crippen molar-refractivity contribution < 1.29 is 0 Å². The molecule has 0 heterocycles. The summed E-state index contributed by atoms with van der Waals surface area (Å²) in [5, 5.41) is 21.6. The van der Waals surface area contributed by atoms with Gasteiger partial charge in [-0.05, 0) is 142 Å². The van der Waals surface area contributed by atoms with Gasteiger partial charge in [0.15, 0.2) is 0 Å². The summed E-state index contributed by atoms with van der Waals surface area (Å²) in [4.78, 5) is 0. The van der Waals surface area contributed by atoms with E-state index in [9.17, 15) is 0 Å². The van der Waals surface area contributed by atoms with Crippen LogP contribution in [0.4, 0.5) is 0 Å². The first-order valence-electron chi connectivity index (χ1n) is 20.2. The van der Waals surface area contributed by atoms with E-state index in [1.807, 2.05) is 0 Å². The Balaban J connectivity index is 1.26. The lowest BCUT2D eigenvalue weighted by atomic mass is 9.98. The van der Waals surface area contributed by atoms with Gasteiger partial charge in [-0.2, -0.15) is 0 Å². The van der Waals surface area contributed by atoms with E-state index < -0.39 is 0 Å². The zero-order chi connectivity index (χ0) is 35.5. The van der Waals surface area contributed by atoms with Gasteiger partial charge in [0, 0.05) is 13.1 Å². The Morgan fingerprint density at radius 3 is 1.08 bits per heavy atom. The SMILES string of the molecule is CCC(CC)CNCCCNCCCNCc1ccc(-c2cccc(-c3ccc(CNCCCNCCCNCC(CC)CC)cc3)c2)cc1. The van der Waals surface area contributed by atoms with Crippen molar-refractivity contribution in [1.82, 2.24) is 31.9 Å². The largest absolute Gasteiger partial charge is 0.317 e. The molecule has 0 radical (unpaired) electrons. The molecule has 3 aromatic rings. The average Bonchev–Trinajstić information content (AvgIpc) is 3.16. The standard InChI is InChI=1S/C44H72N6/c1-5-37(6-2)33-47-28-10-24-45-26-12-30-49-35-39-16-20-41(21-17-39)43-14-9-15-44(32-43)42-22-18-40(19-23-42)36-50-31-13-27-46-25-11-29-48-34-38(7-3)8-4/h9,14-23,32,37-38,45-50H,5-8,10-13,24-31,33-36H2,1-4H3. The van der Waals surface area contributed by atoms with Crippen LogP contribution in [-0.4, -0.2) is 65.4 Å². The van der Waals surface area contributed by atoms with Crippen LogP contribution in [0.1, 0.15) is 90.2 Å². The van der Waals surface area contributed by atoms with Crippen LogP contribution in [0.15, 0.2) is 72.8 Å². The lowest BCUT2D eigenvalue weighted by molar-refractivity contribution is 0.445. The van der Waals surface area contributed by atoms with Crippen LogP contribution >= 0.6 is 0 Å². The van der Waals surface area contributed by atoms with Crippen molar-refractivity contribution in [3.8, 4) is 22.3 Å². The van der Waals surface area contributed by atoms with Crippen LogP contribution in [0, 0.1) is 11.8 Å². The van der Waals surface area contributed by atoms with E-state index in [1.54, 1.807) is 0 Å². The Kier molecular flexibility index (Phi) is 22.7. The van der Waals surface area contributed by atoms with E-state index in [2.05, 4.69) is 132 Å². The maximum atomic E-state index is 3.61. The summed E-state index contributed by atoms with van der Waals surface area (Å²) in [7, 11) is 0. The lowest BCUT2D eigenvalue weighted by Gasteiger charge is -2.13. The first-order valence-corrected chi connectivity index (χ1v) is 20.2. The summed E-state index contributed by atoms with van der Waals surface area (Å²) < 4.78 is 0. The molecule has 50 heavy (non-hydrogen) atoms. The lowest BCUT2D eigenvalue weighted by Crippen LogP contribution is -2.27. The van der Waals surface area contributed by atoms with E-state index >= 15 is 0 Å². The monoisotopic (exact) mass is 685 g/mol. The van der Waals surface area contributed by atoms with Crippen molar-refractivity contribution in [2.45, 2.75) is 92.2 Å². The predicted octanol–water partition coefficient (Wildman–Crippen LogP) is 7.99. The summed E-state index contributed by atoms with van der Waals surface area (Å²) in [6.45, 7) is 21.9. The van der Waals surface area contributed by atoms with Gasteiger partial charge in [0.25, 0.3) is 0 Å². The highest BCUT2D eigenvalue weighted by atomic mass is 14.9. The Bertz CT molecular complexity index is 1130. The molecule has 0 aromatic heterocycles. The van der Waals surface area contributed by atoms with E-state index in [-0.39, 0.29) is 0 Å². The summed E-state index contributed by atoms with van der Waals surface area (Å²) in [6, 6.07) is 27.0. The molecule has 6 nitrogen and oxygen atoms in total. The minimum Gasteiger partial charge on any atom is -0.317 e. The summed E-state index contributed by atoms with van der Waals surface area (Å²) in [5.41, 5.74) is 7.71. The first kappa shape index (κ1) is 41.8. The molecule has 0 bridgehead atoms. The molecule has 0 saturated heterocycles. The molecule has 0 spiro atoms. The summed E-state index contributed by atoms with van der Waals surface area (Å²) in [5.74, 6) is 1.66. The van der Waals surface area contributed by atoms with Gasteiger partial charge in [0.05, 0.1) is 0 Å². The van der Waals surface area contributed by atoms with E-state index in [0.29, 0.717) is 0 Å². The molecule has 0 fully saturated rings. The van der Waals surface area contributed by atoms with Gasteiger partial charge in [0.1, 0.15) is 0 Å². The van der Waals surface area contributed by atoms with E-state index in [4.69, 9.17) is 0 Å². The molecular weight excluding hydrogens is 613 g/mol. The smallest absolute Gasteiger partial charge is 0.0205 e. The maximum Gasteiger partial charge on any atom is 0.0205 e. The number of nitrogens with one attached hydrogen (secondary N) is 6. The molecule has 6 heteroatoms. The third kappa shape index (κ3) is 17.6. The highest BCUT2D eigenvalue weighted by Crippen LogP contribution is 2.27. The summed E-state index contributed by atoms with van der Waals surface area (Å²) in [6.07, 6.45) is 9.80. The topological polar surface area (TPSA) is 72.2 Å². The van der Waals surface area contributed by atoms with Crippen LogP contribution < -0.4 is 31.9 Å². The molecule has 3 rings (SSSR count). The Hall–Kier alpha value is -2.58. The highest BCUT2D eigenvalue weighted by Gasteiger charge is 2.05. The second-order valence-electron chi connectivity index (χ2n) is 14.0. The molecule has 0 amide bonds. The van der Waals surface area contributed by atoms with Gasteiger partial charge < -0.3 is 31.9 Å². The van der Waals surface area contributed by atoms with Crippen molar-refractivity contribution in [3.63, 3.8) is 0 Å². The fourth-order valence-corrected chi connectivity index (χ4v) is 6.34. The Labute approximate surface area is 306 Å². The van der Waals surface area contributed by atoms with Gasteiger partial charge in [-0.15, -0.1) is 0 Å². The molecule has 0 unspecified atom stereocenters. The number of hydrogen-bond donors (Lipinski definition) is 6. The van der Waals surface area contributed by atoms with Crippen LogP contribution in [0.25, 0.3) is 22.3 Å². The van der Waals surface area contributed by atoms with E-state index in [1.165, 1.54) is 71.9 Å². The van der Waals surface area contributed by atoms with Crippen LogP contribution in [0.5, 0.6) is 0 Å². The number of hydrogen-bond acceptors (Lipinski definition) is 6. The molecule has 0 aliphatic rings. The van der Waals surface area contributed by atoms with Crippen LogP contribution in [-0.2, 0) is 13.1 Å². The quantitative estimate of drug-likeness (QED) is 0.0400. The molecule has 278 valence electrons. The average molecular weight is 685 g/mol. The van der Waals surface area contributed by atoms with E-state index in [0.717, 1.165) is 103 Å². The minimum absolute atomic E-state index is 0.828. The fraction of sp³-hybridized carbons (Fsp3) is 0.591. The first-order chi connectivity index (χ1) is 24.7. The molecule has 0 aliphatic carbocycles. The zero-order valence-corrected chi connectivity index (χ0v) is 32.2. The van der Waals surface area contributed by atoms with Crippen molar-refractivity contribution in [3.05, 3.63) is 83.9 Å². The van der Waals surface area contributed by atoms with Crippen LogP contribution in [0.2, 0.25) is 0 Å². The molecule has 3 aromatic carbocycles. The van der Waals surface area contributed by atoms with Crippen molar-refractivity contribution in [2.75, 3.05) is 65.4 Å².